The standard InChI is InChI=1S/C8H15NO6/c1-3(11)9-5-7(13)6(12)4(2-10)15-8(5)14/h4-8,10,12-14H,2H2,1H3,(H,9,11)/t4-,5?,6?,7?,8?/m1/s1. The third-order valence-corrected chi connectivity index (χ3v) is 2.27. The second kappa shape index (κ2) is 4.86. The number of carbonyl (C=O) groups excluding carboxylic acids is 1. The molecule has 4 unspecified atom stereocenters. The van der Waals surface area contributed by atoms with E-state index in [1.165, 1.54) is 6.92 Å². The highest BCUT2D eigenvalue weighted by Crippen LogP contribution is 2.19. The molecule has 1 aliphatic heterocycles. The molecule has 0 aromatic carbocycles. The molecule has 88 valence electrons. The average molecular weight is 221 g/mol. The van der Waals surface area contributed by atoms with Crippen molar-refractivity contribution in [2.75, 3.05) is 6.61 Å². The van der Waals surface area contributed by atoms with Crippen molar-refractivity contribution in [3.63, 3.8) is 0 Å². The van der Waals surface area contributed by atoms with Gasteiger partial charge in [0.05, 0.1) is 6.61 Å². The number of ether oxygens (including phenoxy) is 1. The van der Waals surface area contributed by atoms with E-state index < -0.39 is 43.2 Å². The highest BCUT2D eigenvalue weighted by Gasteiger charge is 2.43. The molecule has 5 atom stereocenters. The minimum atomic E-state index is -1.45. The number of nitrogens with one attached hydrogen (secondary N) is 1. The molecule has 1 fully saturated rings. The molecule has 0 aliphatic carbocycles. The van der Waals surface area contributed by atoms with Crippen molar-refractivity contribution in [3.8, 4) is 0 Å². The number of rotatable bonds is 2. The van der Waals surface area contributed by atoms with Crippen molar-refractivity contribution in [1.29, 1.82) is 0 Å². The first-order valence-corrected chi connectivity index (χ1v) is 4.55. The van der Waals surface area contributed by atoms with Gasteiger partial charge in [-0.15, -0.1) is 0 Å². The van der Waals surface area contributed by atoms with Crippen LogP contribution in [0.3, 0.4) is 0 Å². The van der Waals surface area contributed by atoms with Gasteiger partial charge in [-0.25, -0.2) is 0 Å². The summed E-state index contributed by atoms with van der Waals surface area (Å²) in [6.45, 7) is 0.687. The Morgan fingerprint density at radius 1 is 1.33 bits per heavy atom. The molecule has 5 N–H and O–H groups in total. The van der Waals surface area contributed by atoms with Crippen molar-refractivity contribution >= 4 is 5.91 Å². The number of carbonyl (C=O) groups is 1. The van der Waals surface area contributed by atoms with Crippen molar-refractivity contribution in [1.82, 2.24) is 5.32 Å². The largest absolute Gasteiger partial charge is 0.394 e. The Morgan fingerprint density at radius 2 is 1.93 bits per heavy atom. The first-order chi connectivity index (χ1) is 6.97. The first-order valence-electron chi connectivity index (χ1n) is 4.55. The summed E-state index contributed by atoms with van der Waals surface area (Å²) >= 11 is 0. The van der Waals surface area contributed by atoms with Crippen LogP contribution in [0.15, 0.2) is 0 Å². The number of amides is 1. The normalized spacial score (nSPS) is 41.3. The molecule has 1 amide bonds. The van der Waals surface area contributed by atoms with E-state index in [2.05, 4.69) is 5.32 Å². The summed E-state index contributed by atoms with van der Waals surface area (Å²) < 4.78 is 4.81. The van der Waals surface area contributed by atoms with E-state index in [-0.39, 0.29) is 0 Å². The molecular formula is C8H15NO6. The van der Waals surface area contributed by atoms with E-state index in [0.717, 1.165) is 0 Å². The maximum absolute atomic E-state index is 10.7. The maximum atomic E-state index is 10.7. The van der Waals surface area contributed by atoms with Gasteiger partial charge in [0.15, 0.2) is 6.29 Å². The van der Waals surface area contributed by atoms with Crippen LogP contribution in [-0.2, 0) is 9.53 Å². The molecule has 1 aliphatic rings. The van der Waals surface area contributed by atoms with Crippen LogP contribution in [0.4, 0.5) is 0 Å². The fourth-order valence-electron chi connectivity index (χ4n) is 1.49. The van der Waals surface area contributed by atoms with Crippen LogP contribution in [0, 0.1) is 0 Å². The molecule has 7 heteroatoms. The minimum absolute atomic E-state index is 0.462. The Balaban J connectivity index is 2.70. The van der Waals surface area contributed by atoms with Crippen LogP contribution in [0.5, 0.6) is 0 Å². The zero-order valence-electron chi connectivity index (χ0n) is 8.20. The summed E-state index contributed by atoms with van der Waals surface area (Å²) in [4.78, 5) is 10.7. The first kappa shape index (κ1) is 12.3. The highest BCUT2D eigenvalue weighted by molar-refractivity contribution is 5.73. The van der Waals surface area contributed by atoms with Gasteiger partial charge < -0.3 is 30.5 Å². The van der Waals surface area contributed by atoms with Gasteiger partial charge in [0.1, 0.15) is 24.4 Å². The van der Waals surface area contributed by atoms with Crippen LogP contribution in [0.1, 0.15) is 6.92 Å². The number of aliphatic hydroxyl groups is 4. The van der Waals surface area contributed by atoms with Gasteiger partial charge in [-0.2, -0.15) is 0 Å². The Labute approximate surface area is 86.3 Å². The molecule has 0 saturated carbocycles. The lowest BCUT2D eigenvalue weighted by molar-refractivity contribution is -0.253. The van der Waals surface area contributed by atoms with Crippen LogP contribution in [0.25, 0.3) is 0 Å². The Hall–Kier alpha value is -0.730. The summed E-state index contributed by atoms with van der Waals surface area (Å²) in [5, 5.41) is 39.4. The van der Waals surface area contributed by atoms with Crippen LogP contribution in [0.2, 0.25) is 0 Å². The second-order valence-electron chi connectivity index (χ2n) is 3.46. The van der Waals surface area contributed by atoms with E-state index in [9.17, 15) is 20.1 Å². The number of hydrogen-bond donors (Lipinski definition) is 5. The van der Waals surface area contributed by atoms with Gasteiger partial charge in [0.2, 0.25) is 5.91 Å². The van der Waals surface area contributed by atoms with Gasteiger partial charge in [-0.05, 0) is 0 Å². The number of hydrogen-bond acceptors (Lipinski definition) is 6. The summed E-state index contributed by atoms with van der Waals surface area (Å²) in [5.74, 6) is -0.462. The predicted molar refractivity (Wildman–Crippen MR) is 47.6 cm³/mol. The van der Waals surface area contributed by atoms with Crippen LogP contribution < -0.4 is 5.32 Å². The zero-order chi connectivity index (χ0) is 11.6. The predicted octanol–water partition coefficient (Wildman–Crippen LogP) is -3.08. The van der Waals surface area contributed by atoms with E-state index in [4.69, 9.17) is 9.84 Å². The quantitative estimate of drug-likeness (QED) is 0.337. The third kappa shape index (κ3) is 2.64. The maximum Gasteiger partial charge on any atom is 0.217 e. The molecule has 1 rings (SSSR count). The molecule has 15 heavy (non-hydrogen) atoms. The topological polar surface area (TPSA) is 119 Å². The smallest absolute Gasteiger partial charge is 0.217 e. The summed E-state index contributed by atoms with van der Waals surface area (Å²) in [6, 6.07) is -1.10. The highest BCUT2D eigenvalue weighted by atomic mass is 16.6. The van der Waals surface area contributed by atoms with Gasteiger partial charge in [0.25, 0.3) is 0 Å². The average Bonchev–Trinajstić information content (AvgIpc) is 2.18. The van der Waals surface area contributed by atoms with Gasteiger partial charge >= 0.3 is 0 Å². The van der Waals surface area contributed by atoms with Crippen LogP contribution >= 0.6 is 0 Å². The van der Waals surface area contributed by atoms with Crippen molar-refractivity contribution in [2.24, 2.45) is 0 Å². The minimum Gasteiger partial charge on any atom is -0.394 e. The summed E-state index contributed by atoms with van der Waals surface area (Å²) in [6.07, 6.45) is -5.24. The molecule has 1 heterocycles. The molecule has 7 nitrogen and oxygen atoms in total. The summed E-state index contributed by atoms with van der Waals surface area (Å²) in [7, 11) is 0. The van der Waals surface area contributed by atoms with Crippen molar-refractivity contribution < 1.29 is 30.0 Å². The summed E-state index contributed by atoms with van der Waals surface area (Å²) in [5.41, 5.74) is 0. The lowest BCUT2D eigenvalue weighted by Gasteiger charge is -2.40. The Morgan fingerprint density at radius 3 is 2.40 bits per heavy atom. The van der Waals surface area contributed by atoms with E-state index in [0.29, 0.717) is 0 Å². The molecule has 0 spiro atoms. The fraction of sp³-hybridized carbons (Fsp3) is 0.875. The SMILES string of the molecule is CC(=O)NC1C(O)O[C@H](CO)C(O)C1O. The Kier molecular flexibility index (Phi) is 4.00. The van der Waals surface area contributed by atoms with Gasteiger partial charge in [0, 0.05) is 6.92 Å². The molecule has 0 aromatic heterocycles. The van der Waals surface area contributed by atoms with Gasteiger partial charge in [-0.3, -0.25) is 4.79 Å². The molecule has 0 bridgehead atoms. The van der Waals surface area contributed by atoms with E-state index in [1.807, 2.05) is 0 Å². The van der Waals surface area contributed by atoms with E-state index >= 15 is 0 Å². The van der Waals surface area contributed by atoms with Crippen molar-refractivity contribution in [3.05, 3.63) is 0 Å². The van der Waals surface area contributed by atoms with Gasteiger partial charge in [-0.1, -0.05) is 0 Å². The monoisotopic (exact) mass is 221 g/mol. The lowest BCUT2D eigenvalue weighted by atomic mass is 9.97. The molecular weight excluding hydrogens is 206 g/mol. The molecule has 0 radical (unpaired) electrons. The zero-order valence-corrected chi connectivity index (χ0v) is 8.20. The lowest BCUT2D eigenvalue weighted by Crippen LogP contribution is -2.63. The van der Waals surface area contributed by atoms with Crippen LogP contribution in [-0.4, -0.2) is 63.6 Å². The Bertz CT molecular complexity index is 235. The van der Waals surface area contributed by atoms with E-state index in [1.54, 1.807) is 0 Å². The van der Waals surface area contributed by atoms with Crippen molar-refractivity contribution in [2.45, 2.75) is 37.6 Å². The number of aliphatic hydroxyl groups excluding tert-OH is 4. The molecule has 1 saturated heterocycles. The second-order valence-corrected chi connectivity index (χ2v) is 3.46. The third-order valence-electron chi connectivity index (χ3n) is 2.27. The fourth-order valence-corrected chi connectivity index (χ4v) is 1.49. The molecule has 0 aromatic rings.